The van der Waals surface area contributed by atoms with Gasteiger partial charge in [0.25, 0.3) is 0 Å². The Morgan fingerprint density at radius 3 is 2.57 bits per heavy atom. The number of aromatic nitrogens is 2. The van der Waals surface area contributed by atoms with Crippen LogP contribution in [0.15, 0.2) is 30.3 Å². The molecular formula is C17H25N3S. The van der Waals surface area contributed by atoms with Crippen molar-refractivity contribution in [3.05, 3.63) is 45.9 Å². The Morgan fingerprint density at radius 2 is 1.90 bits per heavy atom. The van der Waals surface area contributed by atoms with E-state index < -0.39 is 0 Å². The molecule has 1 aromatic heterocycles. The van der Waals surface area contributed by atoms with Gasteiger partial charge in [-0.25, -0.2) is 0 Å². The average molecular weight is 303 g/mol. The highest BCUT2D eigenvalue weighted by atomic mass is 32.1. The van der Waals surface area contributed by atoms with Crippen LogP contribution >= 0.6 is 11.3 Å². The molecule has 2 unspecified atom stereocenters. The van der Waals surface area contributed by atoms with E-state index in [2.05, 4.69) is 66.6 Å². The molecule has 1 aromatic carbocycles. The van der Waals surface area contributed by atoms with Gasteiger partial charge in [0.2, 0.25) is 0 Å². The summed E-state index contributed by atoms with van der Waals surface area (Å²) >= 11 is 1.75. The molecule has 0 fully saturated rings. The van der Waals surface area contributed by atoms with Crippen LogP contribution in [0, 0.1) is 5.92 Å². The van der Waals surface area contributed by atoms with E-state index in [9.17, 15) is 0 Å². The molecule has 0 aliphatic rings. The van der Waals surface area contributed by atoms with Crippen LogP contribution in [0.25, 0.3) is 0 Å². The summed E-state index contributed by atoms with van der Waals surface area (Å²) in [5.74, 6) is 0.671. The minimum absolute atomic E-state index is 0.161. The van der Waals surface area contributed by atoms with Gasteiger partial charge < -0.3 is 5.32 Å². The molecule has 1 heterocycles. The summed E-state index contributed by atoms with van der Waals surface area (Å²) in [7, 11) is 0. The molecule has 0 aliphatic carbocycles. The van der Waals surface area contributed by atoms with Gasteiger partial charge in [-0.05, 0) is 24.4 Å². The molecule has 0 spiro atoms. The van der Waals surface area contributed by atoms with Gasteiger partial charge in [-0.3, -0.25) is 0 Å². The van der Waals surface area contributed by atoms with Crippen molar-refractivity contribution in [2.75, 3.05) is 6.54 Å². The van der Waals surface area contributed by atoms with Crippen LogP contribution in [0.5, 0.6) is 0 Å². The molecule has 21 heavy (non-hydrogen) atoms. The van der Waals surface area contributed by atoms with E-state index in [0.717, 1.165) is 29.4 Å². The van der Waals surface area contributed by atoms with E-state index in [4.69, 9.17) is 0 Å². The Labute approximate surface area is 131 Å². The zero-order chi connectivity index (χ0) is 15.1. The predicted octanol–water partition coefficient (Wildman–Crippen LogP) is 4.22. The van der Waals surface area contributed by atoms with Crippen molar-refractivity contribution in [3.63, 3.8) is 0 Å². The molecule has 0 saturated carbocycles. The molecule has 0 aliphatic heterocycles. The van der Waals surface area contributed by atoms with Crippen molar-refractivity contribution in [2.45, 2.75) is 46.1 Å². The van der Waals surface area contributed by atoms with Gasteiger partial charge >= 0.3 is 0 Å². The Hall–Kier alpha value is -1.26. The minimum Gasteiger partial charge on any atom is -0.304 e. The highest BCUT2D eigenvalue weighted by Gasteiger charge is 2.18. The molecule has 0 amide bonds. The summed E-state index contributed by atoms with van der Waals surface area (Å²) < 4.78 is 0. The van der Waals surface area contributed by atoms with Crippen LogP contribution in [0.3, 0.4) is 0 Å². The standard InChI is InChI=1S/C17H25N3S/c1-4-11-18-16(14-9-7-6-8-10-14)17-20-19-15(21-17)12-13(3)5-2/h6-10,13,16,18H,4-5,11-12H2,1-3H3. The summed E-state index contributed by atoms with van der Waals surface area (Å²) in [6, 6.07) is 10.7. The van der Waals surface area contributed by atoms with Gasteiger partial charge in [0.1, 0.15) is 10.0 Å². The Balaban J connectivity index is 2.17. The SMILES string of the molecule is CCCNC(c1ccccc1)c1nnc(CC(C)CC)s1. The lowest BCUT2D eigenvalue weighted by Gasteiger charge is -2.15. The first kappa shape index (κ1) is 16.1. The molecule has 4 heteroatoms. The number of rotatable bonds is 8. The normalized spacial score (nSPS) is 14.0. The first-order valence-electron chi connectivity index (χ1n) is 7.85. The molecule has 0 bridgehead atoms. The van der Waals surface area contributed by atoms with Crippen LogP contribution < -0.4 is 5.32 Å². The van der Waals surface area contributed by atoms with Crippen molar-refractivity contribution >= 4 is 11.3 Å². The first-order valence-corrected chi connectivity index (χ1v) is 8.66. The number of nitrogens with zero attached hydrogens (tertiary/aromatic N) is 2. The fourth-order valence-electron chi connectivity index (χ4n) is 2.19. The van der Waals surface area contributed by atoms with Crippen molar-refractivity contribution < 1.29 is 0 Å². The van der Waals surface area contributed by atoms with Gasteiger partial charge in [-0.2, -0.15) is 0 Å². The van der Waals surface area contributed by atoms with Crippen molar-refractivity contribution in [1.29, 1.82) is 0 Å². The number of hydrogen-bond donors (Lipinski definition) is 1. The lowest BCUT2D eigenvalue weighted by molar-refractivity contribution is 0.555. The second-order valence-corrected chi connectivity index (χ2v) is 6.64. The zero-order valence-corrected chi connectivity index (χ0v) is 14.0. The molecule has 2 atom stereocenters. The van der Waals surface area contributed by atoms with Gasteiger partial charge in [-0.15, -0.1) is 10.2 Å². The van der Waals surface area contributed by atoms with E-state index in [1.54, 1.807) is 11.3 Å². The van der Waals surface area contributed by atoms with Gasteiger partial charge in [0, 0.05) is 6.42 Å². The van der Waals surface area contributed by atoms with Crippen LogP contribution in [0.4, 0.5) is 0 Å². The Bertz CT molecular complexity index is 524. The lowest BCUT2D eigenvalue weighted by Crippen LogP contribution is -2.23. The Kier molecular flexibility index (Phi) is 6.33. The van der Waals surface area contributed by atoms with Crippen LogP contribution in [0.2, 0.25) is 0 Å². The molecule has 2 rings (SSSR count). The highest BCUT2D eigenvalue weighted by molar-refractivity contribution is 7.11. The molecule has 1 N–H and O–H groups in total. The van der Waals surface area contributed by atoms with E-state index in [1.165, 1.54) is 12.0 Å². The lowest BCUT2D eigenvalue weighted by atomic mass is 10.1. The quantitative estimate of drug-likeness (QED) is 0.793. The third-order valence-electron chi connectivity index (χ3n) is 3.68. The smallest absolute Gasteiger partial charge is 0.139 e. The molecule has 3 nitrogen and oxygen atoms in total. The second kappa shape index (κ2) is 8.25. The fourth-order valence-corrected chi connectivity index (χ4v) is 3.30. The van der Waals surface area contributed by atoms with Crippen molar-refractivity contribution in [1.82, 2.24) is 15.5 Å². The number of hydrogen-bond acceptors (Lipinski definition) is 4. The highest BCUT2D eigenvalue weighted by Crippen LogP contribution is 2.26. The van der Waals surface area contributed by atoms with Crippen LogP contribution in [-0.4, -0.2) is 16.7 Å². The maximum absolute atomic E-state index is 4.44. The van der Waals surface area contributed by atoms with E-state index in [1.807, 2.05) is 0 Å². The summed E-state index contributed by atoms with van der Waals surface area (Å²) in [6.07, 6.45) is 3.33. The molecule has 2 aromatic rings. The second-order valence-electron chi connectivity index (χ2n) is 5.55. The van der Waals surface area contributed by atoms with E-state index >= 15 is 0 Å². The predicted molar refractivity (Wildman–Crippen MR) is 89.6 cm³/mol. The maximum Gasteiger partial charge on any atom is 0.139 e. The Morgan fingerprint density at radius 1 is 1.14 bits per heavy atom. The van der Waals surface area contributed by atoms with Gasteiger partial charge in [-0.1, -0.05) is 68.9 Å². The monoisotopic (exact) mass is 303 g/mol. The van der Waals surface area contributed by atoms with Gasteiger partial charge in [0.15, 0.2) is 0 Å². The number of benzene rings is 1. The van der Waals surface area contributed by atoms with Crippen LogP contribution in [-0.2, 0) is 6.42 Å². The fraction of sp³-hybridized carbons (Fsp3) is 0.529. The third kappa shape index (κ3) is 4.61. The summed E-state index contributed by atoms with van der Waals surface area (Å²) in [5, 5.41) is 14.6. The molecule has 0 radical (unpaired) electrons. The van der Waals surface area contributed by atoms with E-state index in [0.29, 0.717) is 5.92 Å². The minimum atomic E-state index is 0.161. The van der Waals surface area contributed by atoms with Crippen LogP contribution in [0.1, 0.15) is 55.2 Å². The molecule has 114 valence electrons. The zero-order valence-electron chi connectivity index (χ0n) is 13.2. The largest absolute Gasteiger partial charge is 0.304 e. The number of nitrogens with one attached hydrogen (secondary N) is 1. The topological polar surface area (TPSA) is 37.8 Å². The summed E-state index contributed by atoms with van der Waals surface area (Å²) in [4.78, 5) is 0. The van der Waals surface area contributed by atoms with E-state index in [-0.39, 0.29) is 6.04 Å². The van der Waals surface area contributed by atoms with Gasteiger partial charge in [0.05, 0.1) is 6.04 Å². The van der Waals surface area contributed by atoms with Crippen molar-refractivity contribution in [3.8, 4) is 0 Å². The third-order valence-corrected chi connectivity index (χ3v) is 4.69. The molecule has 0 saturated heterocycles. The summed E-state index contributed by atoms with van der Waals surface area (Å²) in [5.41, 5.74) is 1.26. The first-order chi connectivity index (χ1) is 10.2. The summed E-state index contributed by atoms with van der Waals surface area (Å²) in [6.45, 7) is 7.66. The van der Waals surface area contributed by atoms with Crippen molar-refractivity contribution in [2.24, 2.45) is 5.92 Å². The molecular weight excluding hydrogens is 278 g/mol. The maximum atomic E-state index is 4.44. The average Bonchev–Trinajstić information content (AvgIpc) is 2.97.